The predicted molar refractivity (Wildman–Crippen MR) is 51.2 cm³/mol. The molecule has 0 aromatic rings. The third-order valence-electron chi connectivity index (χ3n) is 1.48. The molecule has 78 valence electrons. The Balaban J connectivity index is 3.86. The van der Waals surface area contributed by atoms with Gasteiger partial charge < -0.3 is 11.1 Å². The summed E-state index contributed by atoms with van der Waals surface area (Å²) >= 11 is 0. The molecule has 0 fully saturated rings. The monoisotopic (exact) mass is 198 g/mol. The second-order valence-electron chi connectivity index (χ2n) is 3.07. The topological polar surface area (TPSA) is 89.3 Å². The molecule has 3 N–H and O–H groups in total. The highest BCUT2D eigenvalue weighted by Gasteiger charge is 2.07. The third-order valence-corrected chi connectivity index (χ3v) is 1.48. The Morgan fingerprint density at radius 2 is 1.86 bits per heavy atom. The summed E-state index contributed by atoms with van der Waals surface area (Å²) in [7, 11) is 0. The molecule has 0 radical (unpaired) electrons. The highest BCUT2D eigenvalue weighted by molar-refractivity contribution is 5.97. The highest BCUT2D eigenvalue weighted by atomic mass is 16.2. The van der Waals surface area contributed by atoms with E-state index in [1.54, 1.807) is 13.8 Å². The first kappa shape index (κ1) is 12.3. The van der Waals surface area contributed by atoms with Crippen LogP contribution in [-0.2, 0) is 14.4 Å². The molecule has 0 aromatic heterocycles. The van der Waals surface area contributed by atoms with Crippen LogP contribution in [0.2, 0.25) is 0 Å². The number of hydrogen-bond donors (Lipinski definition) is 2. The largest absolute Gasteiger partial charge is 0.366 e. The number of carbonyl (C=O) groups excluding carboxylic acids is 3. The van der Waals surface area contributed by atoms with E-state index in [1.807, 2.05) is 0 Å². The maximum atomic E-state index is 11.1. The van der Waals surface area contributed by atoms with Gasteiger partial charge in [-0.05, 0) is 0 Å². The molecule has 0 atom stereocenters. The molecule has 0 saturated heterocycles. The summed E-state index contributed by atoms with van der Waals surface area (Å²) in [4.78, 5) is 32.2. The summed E-state index contributed by atoms with van der Waals surface area (Å²) in [5.74, 6) is -1.38. The zero-order chi connectivity index (χ0) is 11.1. The van der Waals surface area contributed by atoms with Crippen molar-refractivity contribution in [2.75, 3.05) is 6.54 Å². The van der Waals surface area contributed by atoms with Gasteiger partial charge in [0.15, 0.2) is 5.78 Å². The lowest BCUT2D eigenvalue weighted by Gasteiger charge is -2.03. The van der Waals surface area contributed by atoms with Crippen LogP contribution in [0, 0.1) is 5.92 Å². The van der Waals surface area contributed by atoms with Gasteiger partial charge in [-0.1, -0.05) is 13.8 Å². The van der Waals surface area contributed by atoms with E-state index in [0.717, 1.165) is 12.2 Å². The average molecular weight is 198 g/mol. The van der Waals surface area contributed by atoms with Crippen LogP contribution in [0.1, 0.15) is 13.8 Å². The van der Waals surface area contributed by atoms with Crippen LogP contribution in [0.4, 0.5) is 0 Å². The van der Waals surface area contributed by atoms with Gasteiger partial charge in [-0.15, -0.1) is 0 Å². The molecule has 0 aliphatic carbocycles. The number of hydrogen-bond acceptors (Lipinski definition) is 3. The molecule has 0 heterocycles. The van der Waals surface area contributed by atoms with Gasteiger partial charge in [-0.3, -0.25) is 14.4 Å². The van der Waals surface area contributed by atoms with Crippen molar-refractivity contribution in [1.82, 2.24) is 5.32 Å². The number of nitrogens with one attached hydrogen (secondary N) is 1. The Labute approximate surface area is 82.3 Å². The summed E-state index contributed by atoms with van der Waals surface area (Å²) in [5, 5.41) is 2.34. The zero-order valence-electron chi connectivity index (χ0n) is 8.24. The van der Waals surface area contributed by atoms with Gasteiger partial charge in [0.05, 0.1) is 6.54 Å². The minimum absolute atomic E-state index is 0.0282. The van der Waals surface area contributed by atoms with Crippen LogP contribution in [0.3, 0.4) is 0 Å². The van der Waals surface area contributed by atoms with E-state index in [2.05, 4.69) is 5.32 Å². The normalized spacial score (nSPS) is 10.5. The summed E-state index contributed by atoms with van der Waals surface area (Å²) in [5.41, 5.74) is 4.77. The number of Topliss-reactive ketones (excluding diaryl/α,β-unsaturated/α-hetero) is 1. The first-order valence-electron chi connectivity index (χ1n) is 4.21. The number of rotatable bonds is 5. The Morgan fingerprint density at radius 1 is 1.29 bits per heavy atom. The van der Waals surface area contributed by atoms with Gasteiger partial charge in [-0.25, -0.2) is 0 Å². The van der Waals surface area contributed by atoms with Crippen molar-refractivity contribution in [2.45, 2.75) is 13.8 Å². The number of primary amides is 1. The smallest absolute Gasteiger partial charge is 0.244 e. The second kappa shape index (κ2) is 5.90. The quantitative estimate of drug-likeness (QED) is 0.576. The maximum Gasteiger partial charge on any atom is 0.244 e. The van der Waals surface area contributed by atoms with Crippen LogP contribution in [0.15, 0.2) is 12.2 Å². The van der Waals surface area contributed by atoms with Gasteiger partial charge >= 0.3 is 0 Å². The number of amides is 2. The highest BCUT2D eigenvalue weighted by Crippen LogP contribution is 1.91. The van der Waals surface area contributed by atoms with Crippen molar-refractivity contribution in [3.63, 3.8) is 0 Å². The van der Waals surface area contributed by atoms with Gasteiger partial charge in [0.1, 0.15) is 0 Å². The van der Waals surface area contributed by atoms with Crippen LogP contribution in [0.25, 0.3) is 0 Å². The SMILES string of the molecule is CC(C)C(=O)CNC(=O)/C=C/C(N)=O. The molecule has 0 aromatic carbocycles. The Bertz CT molecular complexity index is 269. The molecule has 5 nitrogen and oxygen atoms in total. The number of carbonyl (C=O) groups is 3. The molecule has 0 aliphatic rings. The lowest BCUT2D eigenvalue weighted by molar-refractivity contribution is -0.124. The Morgan fingerprint density at radius 3 is 2.29 bits per heavy atom. The number of nitrogens with two attached hydrogens (primary N) is 1. The summed E-state index contributed by atoms with van der Waals surface area (Å²) in [6, 6.07) is 0. The van der Waals surface area contributed by atoms with Gasteiger partial charge in [-0.2, -0.15) is 0 Å². The lowest BCUT2D eigenvalue weighted by Crippen LogP contribution is -2.30. The van der Waals surface area contributed by atoms with E-state index in [-0.39, 0.29) is 18.2 Å². The Kier molecular flexibility index (Phi) is 5.21. The minimum Gasteiger partial charge on any atom is -0.366 e. The summed E-state index contributed by atoms with van der Waals surface area (Å²) in [6.07, 6.45) is 1.94. The summed E-state index contributed by atoms with van der Waals surface area (Å²) in [6.45, 7) is 3.46. The molecule has 0 unspecified atom stereocenters. The van der Waals surface area contributed by atoms with E-state index < -0.39 is 11.8 Å². The predicted octanol–water partition coefficient (Wildman–Crippen LogP) is -0.631. The van der Waals surface area contributed by atoms with Crippen LogP contribution < -0.4 is 11.1 Å². The van der Waals surface area contributed by atoms with Crippen LogP contribution in [-0.4, -0.2) is 24.1 Å². The standard InChI is InChI=1S/C9H14N2O3/c1-6(2)7(12)5-11-9(14)4-3-8(10)13/h3-4,6H,5H2,1-2H3,(H2,10,13)(H,11,14)/b4-3+. The first-order chi connectivity index (χ1) is 6.43. The van der Waals surface area contributed by atoms with Crippen molar-refractivity contribution in [2.24, 2.45) is 11.7 Å². The van der Waals surface area contributed by atoms with Gasteiger partial charge in [0.25, 0.3) is 0 Å². The van der Waals surface area contributed by atoms with Gasteiger partial charge in [0, 0.05) is 18.1 Å². The second-order valence-corrected chi connectivity index (χ2v) is 3.07. The van der Waals surface area contributed by atoms with E-state index in [1.165, 1.54) is 0 Å². The van der Waals surface area contributed by atoms with E-state index in [0.29, 0.717) is 0 Å². The molecule has 0 spiro atoms. The Hall–Kier alpha value is -1.65. The molecule has 0 rings (SSSR count). The van der Waals surface area contributed by atoms with Gasteiger partial charge in [0.2, 0.25) is 11.8 Å². The fourth-order valence-corrected chi connectivity index (χ4v) is 0.595. The van der Waals surface area contributed by atoms with E-state index >= 15 is 0 Å². The molecule has 2 amide bonds. The molecule has 14 heavy (non-hydrogen) atoms. The minimum atomic E-state index is -0.699. The molecule has 0 bridgehead atoms. The molecule has 0 aliphatic heterocycles. The molecular formula is C9H14N2O3. The van der Waals surface area contributed by atoms with Crippen molar-refractivity contribution in [1.29, 1.82) is 0 Å². The van der Waals surface area contributed by atoms with E-state index in [4.69, 9.17) is 5.73 Å². The average Bonchev–Trinajstić information content (AvgIpc) is 2.10. The summed E-state index contributed by atoms with van der Waals surface area (Å²) < 4.78 is 0. The zero-order valence-corrected chi connectivity index (χ0v) is 8.24. The molecule has 0 saturated carbocycles. The van der Waals surface area contributed by atoms with Crippen molar-refractivity contribution >= 4 is 17.6 Å². The third kappa shape index (κ3) is 5.93. The lowest BCUT2D eigenvalue weighted by atomic mass is 10.1. The fourth-order valence-electron chi connectivity index (χ4n) is 0.595. The fraction of sp³-hybridized carbons (Fsp3) is 0.444. The van der Waals surface area contributed by atoms with Crippen LogP contribution in [0.5, 0.6) is 0 Å². The first-order valence-corrected chi connectivity index (χ1v) is 4.21. The molecular weight excluding hydrogens is 184 g/mol. The molecule has 5 heteroatoms. The van der Waals surface area contributed by atoms with Crippen molar-refractivity contribution in [3.8, 4) is 0 Å². The van der Waals surface area contributed by atoms with E-state index in [9.17, 15) is 14.4 Å². The van der Waals surface area contributed by atoms with Crippen molar-refractivity contribution < 1.29 is 14.4 Å². The van der Waals surface area contributed by atoms with Crippen LogP contribution >= 0.6 is 0 Å². The maximum absolute atomic E-state index is 11.1. The number of ketones is 1. The van der Waals surface area contributed by atoms with Crippen molar-refractivity contribution in [3.05, 3.63) is 12.2 Å².